The van der Waals surface area contributed by atoms with Crippen LogP contribution in [0, 0.1) is 0 Å². The third-order valence-electron chi connectivity index (χ3n) is 2.74. The minimum atomic E-state index is -3.47. The van der Waals surface area contributed by atoms with Gasteiger partial charge < -0.3 is 10.0 Å². The van der Waals surface area contributed by atoms with E-state index in [-0.39, 0.29) is 18.8 Å². The molecule has 22 heavy (non-hydrogen) atoms. The Balaban J connectivity index is 2.84. The monoisotopic (exact) mass is 327 g/mol. The van der Waals surface area contributed by atoms with Crippen LogP contribution >= 0.6 is 0 Å². The van der Waals surface area contributed by atoms with Crippen LogP contribution < -0.4 is 4.72 Å². The smallest absolute Gasteiger partial charge is 0.328 e. The molecule has 1 heterocycles. The molecule has 0 atom stereocenters. The average molecular weight is 327 g/mol. The molecule has 0 bridgehead atoms. The van der Waals surface area contributed by atoms with Crippen LogP contribution in [0.15, 0.2) is 36.7 Å². The van der Waals surface area contributed by atoms with E-state index in [1.807, 2.05) is 0 Å². The van der Waals surface area contributed by atoms with Crippen LogP contribution in [0.25, 0.3) is 0 Å². The van der Waals surface area contributed by atoms with E-state index in [4.69, 9.17) is 5.11 Å². The number of aromatic nitrogens is 1. The maximum atomic E-state index is 12.0. The van der Waals surface area contributed by atoms with Crippen molar-refractivity contribution in [3.05, 3.63) is 42.2 Å². The fourth-order valence-electron chi connectivity index (χ4n) is 1.56. The largest absolute Gasteiger partial charge is 0.478 e. The van der Waals surface area contributed by atoms with Gasteiger partial charge in [-0.05, 0) is 24.7 Å². The number of carbonyl (C=O) groups excluding carboxylic acids is 1. The summed E-state index contributed by atoms with van der Waals surface area (Å²) in [7, 11) is -2.18. The van der Waals surface area contributed by atoms with Crippen molar-refractivity contribution in [3.63, 3.8) is 0 Å². The minimum absolute atomic E-state index is 0.0612. The van der Waals surface area contributed by atoms with Crippen molar-refractivity contribution >= 4 is 21.9 Å². The lowest BCUT2D eigenvalue weighted by Gasteiger charge is -2.21. The Hall–Kier alpha value is -2.26. The number of carboxylic acid groups (broad SMARTS) is 1. The zero-order chi connectivity index (χ0) is 16.6. The quantitative estimate of drug-likeness (QED) is 0.628. The second-order valence-electron chi connectivity index (χ2n) is 4.31. The normalized spacial score (nSPS) is 11.5. The lowest BCUT2D eigenvalue weighted by atomic mass is 10.2. The lowest BCUT2D eigenvalue weighted by Crippen LogP contribution is -2.36. The summed E-state index contributed by atoms with van der Waals surface area (Å²) in [5, 5.41) is 8.56. The van der Waals surface area contributed by atoms with Crippen molar-refractivity contribution in [2.45, 2.75) is 6.54 Å². The van der Waals surface area contributed by atoms with Crippen molar-refractivity contribution in [2.24, 2.45) is 0 Å². The highest BCUT2D eigenvalue weighted by atomic mass is 32.2. The Kier molecular flexibility index (Phi) is 6.67. The van der Waals surface area contributed by atoms with Crippen LogP contribution in [-0.2, 0) is 26.2 Å². The first-order chi connectivity index (χ1) is 10.3. The summed E-state index contributed by atoms with van der Waals surface area (Å²) in [5.41, 5.74) is 0.758. The maximum Gasteiger partial charge on any atom is 0.328 e. The van der Waals surface area contributed by atoms with E-state index >= 15 is 0 Å². The molecule has 1 amide bonds. The van der Waals surface area contributed by atoms with Gasteiger partial charge in [0.05, 0.1) is 5.75 Å². The van der Waals surface area contributed by atoms with Gasteiger partial charge in [-0.15, -0.1) is 0 Å². The molecule has 0 aliphatic rings. The SMILES string of the molecule is CNS(=O)(=O)CCN(Cc1ccncc1)C(=O)C=CC(=O)O. The Morgan fingerprint density at radius 3 is 2.50 bits per heavy atom. The zero-order valence-corrected chi connectivity index (χ0v) is 12.8. The molecule has 0 radical (unpaired) electrons. The van der Waals surface area contributed by atoms with E-state index in [1.54, 1.807) is 24.5 Å². The zero-order valence-electron chi connectivity index (χ0n) is 12.0. The predicted molar refractivity (Wildman–Crippen MR) is 79.3 cm³/mol. The highest BCUT2D eigenvalue weighted by Gasteiger charge is 2.16. The standard InChI is InChI=1S/C13H17N3O5S/c1-14-22(20,21)9-8-16(12(17)2-3-13(18)19)10-11-4-6-15-7-5-11/h2-7,14H,8-10H2,1H3,(H,18,19). The van der Waals surface area contributed by atoms with Gasteiger partial charge in [0.25, 0.3) is 0 Å². The summed E-state index contributed by atoms with van der Waals surface area (Å²) >= 11 is 0. The minimum Gasteiger partial charge on any atom is -0.478 e. The maximum absolute atomic E-state index is 12.0. The number of hydrogen-bond acceptors (Lipinski definition) is 5. The molecule has 8 nitrogen and oxygen atoms in total. The number of aliphatic carboxylic acids is 1. The number of rotatable bonds is 8. The van der Waals surface area contributed by atoms with Crippen LogP contribution in [0.2, 0.25) is 0 Å². The van der Waals surface area contributed by atoms with Crippen LogP contribution in [0.1, 0.15) is 5.56 Å². The topological polar surface area (TPSA) is 117 Å². The number of amides is 1. The second kappa shape index (κ2) is 8.25. The van der Waals surface area contributed by atoms with Crippen LogP contribution in [0.5, 0.6) is 0 Å². The molecule has 120 valence electrons. The Bertz CT molecular complexity index is 643. The van der Waals surface area contributed by atoms with Gasteiger partial charge in [-0.3, -0.25) is 9.78 Å². The highest BCUT2D eigenvalue weighted by Crippen LogP contribution is 2.05. The molecule has 0 aliphatic carbocycles. The van der Waals surface area contributed by atoms with Gasteiger partial charge in [-0.2, -0.15) is 0 Å². The molecule has 0 aliphatic heterocycles. The first-order valence-corrected chi connectivity index (χ1v) is 7.99. The molecule has 0 fully saturated rings. The number of nitrogens with zero attached hydrogens (tertiary/aromatic N) is 2. The van der Waals surface area contributed by atoms with Crippen molar-refractivity contribution in [2.75, 3.05) is 19.3 Å². The van der Waals surface area contributed by atoms with Gasteiger partial charge in [0.1, 0.15) is 0 Å². The van der Waals surface area contributed by atoms with Gasteiger partial charge in [0.2, 0.25) is 15.9 Å². The van der Waals surface area contributed by atoms with Gasteiger partial charge in [0, 0.05) is 37.6 Å². The van der Waals surface area contributed by atoms with Crippen LogP contribution in [0.3, 0.4) is 0 Å². The number of carbonyl (C=O) groups is 2. The molecule has 0 unspecified atom stereocenters. The molecule has 0 spiro atoms. The molecule has 0 aromatic carbocycles. The van der Waals surface area contributed by atoms with E-state index in [0.717, 1.165) is 11.6 Å². The highest BCUT2D eigenvalue weighted by molar-refractivity contribution is 7.89. The van der Waals surface area contributed by atoms with Crippen LogP contribution in [-0.4, -0.2) is 54.6 Å². The third-order valence-corrected chi connectivity index (χ3v) is 4.09. The molecule has 0 saturated carbocycles. The summed E-state index contributed by atoms with van der Waals surface area (Å²) in [6.07, 6.45) is 4.72. The predicted octanol–water partition coefficient (Wildman–Crippen LogP) is -0.400. The van der Waals surface area contributed by atoms with E-state index < -0.39 is 21.9 Å². The Labute approximate surface area is 128 Å². The number of hydrogen-bond donors (Lipinski definition) is 2. The number of carboxylic acids is 1. The summed E-state index contributed by atoms with van der Waals surface area (Å²) < 4.78 is 25.1. The first kappa shape index (κ1) is 17.8. The molecule has 1 aromatic rings. The van der Waals surface area contributed by atoms with E-state index in [2.05, 4.69) is 9.71 Å². The molecule has 1 rings (SSSR count). The van der Waals surface area contributed by atoms with Crippen molar-refractivity contribution in [1.82, 2.24) is 14.6 Å². The van der Waals surface area contributed by atoms with Gasteiger partial charge in [-0.25, -0.2) is 17.9 Å². The molecule has 1 aromatic heterocycles. The van der Waals surface area contributed by atoms with Crippen molar-refractivity contribution in [1.29, 1.82) is 0 Å². The van der Waals surface area contributed by atoms with E-state index in [1.165, 1.54) is 11.9 Å². The summed E-state index contributed by atoms with van der Waals surface area (Å²) in [4.78, 5) is 27.6. The second-order valence-corrected chi connectivity index (χ2v) is 6.36. The first-order valence-electron chi connectivity index (χ1n) is 6.34. The fourth-order valence-corrected chi connectivity index (χ4v) is 2.22. The summed E-state index contributed by atoms with van der Waals surface area (Å²) in [5.74, 6) is -2.10. The number of nitrogens with one attached hydrogen (secondary N) is 1. The van der Waals surface area contributed by atoms with E-state index in [9.17, 15) is 18.0 Å². The Morgan fingerprint density at radius 1 is 1.32 bits per heavy atom. The average Bonchev–Trinajstić information content (AvgIpc) is 2.50. The van der Waals surface area contributed by atoms with Gasteiger partial charge in [-0.1, -0.05) is 0 Å². The molecule has 0 saturated heterocycles. The molecule has 9 heteroatoms. The fraction of sp³-hybridized carbons (Fsp3) is 0.308. The number of pyridine rings is 1. The molecular weight excluding hydrogens is 310 g/mol. The van der Waals surface area contributed by atoms with Crippen molar-refractivity contribution < 1.29 is 23.1 Å². The summed E-state index contributed by atoms with van der Waals surface area (Å²) in [6, 6.07) is 3.38. The van der Waals surface area contributed by atoms with E-state index in [0.29, 0.717) is 6.08 Å². The molecule has 2 N–H and O–H groups in total. The van der Waals surface area contributed by atoms with Gasteiger partial charge >= 0.3 is 5.97 Å². The van der Waals surface area contributed by atoms with Crippen LogP contribution in [0.4, 0.5) is 0 Å². The van der Waals surface area contributed by atoms with Gasteiger partial charge in [0.15, 0.2) is 0 Å². The lowest BCUT2D eigenvalue weighted by molar-refractivity contribution is -0.132. The third kappa shape index (κ3) is 6.46. The van der Waals surface area contributed by atoms with Crippen molar-refractivity contribution in [3.8, 4) is 0 Å². The summed E-state index contributed by atoms with van der Waals surface area (Å²) in [6.45, 7) is 0.0961. The molecular formula is C13H17N3O5S. The number of sulfonamides is 1. The Morgan fingerprint density at radius 2 is 1.95 bits per heavy atom.